The molecule has 0 aliphatic carbocycles. The molecular formula is C11H14FN3O5. The molecule has 0 aromatic heterocycles. The Balaban J connectivity index is 2.66. The number of nitro groups is 1. The summed E-state index contributed by atoms with van der Waals surface area (Å²) in [7, 11) is 1.25. The van der Waals surface area contributed by atoms with Crippen molar-refractivity contribution in [2.75, 3.05) is 32.2 Å². The van der Waals surface area contributed by atoms with Crippen LogP contribution < -0.4 is 15.8 Å². The number of amides is 1. The van der Waals surface area contributed by atoms with E-state index in [2.05, 4.69) is 5.32 Å². The average molecular weight is 287 g/mol. The van der Waals surface area contributed by atoms with Gasteiger partial charge in [-0.05, 0) is 0 Å². The highest BCUT2D eigenvalue weighted by atomic mass is 19.1. The lowest BCUT2D eigenvalue weighted by molar-refractivity contribution is -0.385. The summed E-state index contributed by atoms with van der Waals surface area (Å²) < 4.78 is 23.3. The Kier molecular flexibility index (Phi) is 5.66. The molecule has 1 aromatic rings. The van der Waals surface area contributed by atoms with E-state index in [-0.39, 0.29) is 31.2 Å². The summed E-state index contributed by atoms with van der Waals surface area (Å²) in [6.07, 6.45) is 0. The molecule has 0 radical (unpaired) electrons. The number of carbonyl (C=O) groups excluding carboxylic acids is 1. The Hall–Kier alpha value is -2.42. The molecule has 110 valence electrons. The predicted molar refractivity (Wildman–Crippen MR) is 68.1 cm³/mol. The van der Waals surface area contributed by atoms with Gasteiger partial charge in [0.15, 0.2) is 11.6 Å². The molecule has 0 unspecified atom stereocenters. The molecular weight excluding hydrogens is 273 g/mol. The van der Waals surface area contributed by atoms with Crippen molar-refractivity contribution in [2.24, 2.45) is 5.73 Å². The van der Waals surface area contributed by atoms with E-state index in [0.717, 1.165) is 6.07 Å². The molecule has 1 aromatic carbocycles. The Bertz CT molecular complexity index is 509. The van der Waals surface area contributed by atoms with Gasteiger partial charge < -0.3 is 20.5 Å². The van der Waals surface area contributed by atoms with Crippen molar-refractivity contribution in [3.63, 3.8) is 0 Å². The van der Waals surface area contributed by atoms with Crippen LogP contribution in [0.4, 0.5) is 15.8 Å². The zero-order valence-corrected chi connectivity index (χ0v) is 10.7. The summed E-state index contributed by atoms with van der Waals surface area (Å²) in [5, 5.41) is 13.4. The number of nitro benzene ring substituents is 1. The number of ether oxygens (including phenoxy) is 2. The standard InChI is InChI=1S/C11H14FN3O5/c1-19-10-5-8(7(12)4-9(10)15(17)18)14-2-3-20-6-11(13)16/h4-5,14H,2-3,6H2,1H3,(H2,13,16). The van der Waals surface area contributed by atoms with Gasteiger partial charge in [0.25, 0.3) is 0 Å². The zero-order valence-electron chi connectivity index (χ0n) is 10.7. The summed E-state index contributed by atoms with van der Waals surface area (Å²) in [5.41, 5.74) is 4.45. The summed E-state index contributed by atoms with van der Waals surface area (Å²) in [4.78, 5) is 20.4. The van der Waals surface area contributed by atoms with Crippen LogP contribution in [0.15, 0.2) is 12.1 Å². The summed E-state index contributed by atoms with van der Waals surface area (Å²) in [6.45, 7) is 0.0978. The minimum Gasteiger partial charge on any atom is -0.490 e. The highest BCUT2D eigenvalue weighted by molar-refractivity contribution is 5.74. The van der Waals surface area contributed by atoms with Crippen LogP contribution in [0, 0.1) is 15.9 Å². The zero-order chi connectivity index (χ0) is 15.1. The van der Waals surface area contributed by atoms with E-state index < -0.39 is 22.3 Å². The first-order valence-corrected chi connectivity index (χ1v) is 5.57. The van der Waals surface area contributed by atoms with Crippen molar-refractivity contribution >= 4 is 17.3 Å². The molecule has 9 heteroatoms. The number of nitrogens with two attached hydrogens (primary N) is 1. The first-order chi connectivity index (χ1) is 9.45. The van der Waals surface area contributed by atoms with Gasteiger partial charge >= 0.3 is 5.69 Å². The van der Waals surface area contributed by atoms with Crippen molar-refractivity contribution in [2.45, 2.75) is 0 Å². The molecule has 0 bridgehead atoms. The molecule has 8 nitrogen and oxygen atoms in total. The second kappa shape index (κ2) is 7.24. The molecule has 0 heterocycles. The fourth-order valence-electron chi connectivity index (χ4n) is 1.42. The third-order valence-corrected chi connectivity index (χ3v) is 2.27. The number of nitrogens with one attached hydrogen (secondary N) is 1. The molecule has 1 rings (SSSR count). The van der Waals surface area contributed by atoms with Crippen LogP contribution in [-0.4, -0.2) is 37.7 Å². The molecule has 3 N–H and O–H groups in total. The van der Waals surface area contributed by atoms with Gasteiger partial charge in [0.2, 0.25) is 5.91 Å². The number of methoxy groups -OCH3 is 1. The molecule has 0 aliphatic heterocycles. The van der Waals surface area contributed by atoms with E-state index in [0.29, 0.717) is 0 Å². The lowest BCUT2D eigenvalue weighted by atomic mass is 10.2. The molecule has 0 fully saturated rings. The van der Waals surface area contributed by atoms with Gasteiger partial charge in [0, 0.05) is 12.6 Å². The van der Waals surface area contributed by atoms with Crippen LogP contribution in [0.25, 0.3) is 0 Å². The van der Waals surface area contributed by atoms with E-state index in [1.54, 1.807) is 0 Å². The quantitative estimate of drug-likeness (QED) is 0.412. The van der Waals surface area contributed by atoms with Crippen molar-refractivity contribution < 1.29 is 23.6 Å². The summed E-state index contributed by atoms with van der Waals surface area (Å²) >= 11 is 0. The number of benzene rings is 1. The predicted octanol–water partition coefficient (Wildman–Crippen LogP) is 0.656. The van der Waals surface area contributed by atoms with Crippen molar-refractivity contribution in [3.8, 4) is 5.75 Å². The van der Waals surface area contributed by atoms with E-state index in [9.17, 15) is 19.3 Å². The Labute approximate surface area is 113 Å². The van der Waals surface area contributed by atoms with Crippen molar-refractivity contribution in [1.29, 1.82) is 0 Å². The number of carbonyl (C=O) groups is 1. The SMILES string of the molecule is COc1cc(NCCOCC(N)=O)c(F)cc1[N+](=O)[O-]. The molecule has 1 amide bonds. The Morgan fingerprint density at radius 1 is 1.55 bits per heavy atom. The van der Waals surface area contributed by atoms with E-state index in [4.69, 9.17) is 15.2 Å². The van der Waals surface area contributed by atoms with Gasteiger partial charge in [0.1, 0.15) is 6.61 Å². The maximum atomic E-state index is 13.6. The Morgan fingerprint density at radius 3 is 2.80 bits per heavy atom. The molecule has 0 saturated heterocycles. The topological polar surface area (TPSA) is 117 Å². The van der Waals surface area contributed by atoms with Crippen LogP contribution in [0.3, 0.4) is 0 Å². The molecule has 0 aliphatic rings. The van der Waals surface area contributed by atoms with Gasteiger partial charge in [-0.3, -0.25) is 14.9 Å². The van der Waals surface area contributed by atoms with Crippen LogP contribution in [-0.2, 0) is 9.53 Å². The lowest BCUT2D eigenvalue weighted by Gasteiger charge is -2.09. The van der Waals surface area contributed by atoms with Gasteiger partial charge in [-0.15, -0.1) is 0 Å². The second-order valence-corrected chi connectivity index (χ2v) is 3.71. The van der Waals surface area contributed by atoms with Gasteiger partial charge in [0.05, 0.1) is 30.4 Å². The number of primary amides is 1. The third-order valence-electron chi connectivity index (χ3n) is 2.27. The highest BCUT2D eigenvalue weighted by Crippen LogP contribution is 2.32. The lowest BCUT2D eigenvalue weighted by Crippen LogP contribution is -2.20. The fraction of sp³-hybridized carbons (Fsp3) is 0.364. The van der Waals surface area contributed by atoms with E-state index >= 15 is 0 Å². The highest BCUT2D eigenvalue weighted by Gasteiger charge is 2.18. The third kappa shape index (κ3) is 4.35. The van der Waals surface area contributed by atoms with Crippen molar-refractivity contribution in [1.82, 2.24) is 0 Å². The van der Waals surface area contributed by atoms with Gasteiger partial charge in [-0.2, -0.15) is 0 Å². The normalized spacial score (nSPS) is 10.1. The molecule has 0 saturated carbocycles. The number of hydrogen-bond donors (Lipinski definition) is 2. The second-order valence-electron chi connectivity index (χ2n) is 3.71. The van der Waals surface area contributed by atoms with Gasteiger partial charge in [-0.25, -0.2) is 4.39 Å². The fourth-order valence-corrected chi connectivity index (χ4v) is 1.42. The first kappa shape index (κ1) is 15.6. The van der Waals surface area contributed by atoms with Crippen LogP contribution in [0.1, 0.15) is 0 Å². The minimum absolute atomic E-state index is 0.0372. The number of halogens is 1. The van der Waals surface area contributed by atoms with Crippen LogP contribution in [0.5, 0.6) is 5.75 Å². The maximum Gasteiger partial charge on any atom is 0.313 e. The largest absolute Gasteiger partial charge is 0.490 e. The minimum atomic E-state index is -0.785. The van der Waals surface area contributed by atoms with Crippen LogP contribution in [0.2, 0.25) is 0 Å². The summed E-state index contributed by atoms with van der Waals surface area (Å²) in [5.74, 6) is -1.45. The van der Waals surface area contributed by atoms with Crippen molar-refractivity contribution in [3.05, 3.63) is 28.1 Å². The monoisotopic (exact) mass is 287 g/mol. The number of anilines is 1. The number of nitrogens with zero attached hydrogens (tertiary/aromatic N) is 1. The smallest absolute Gasteiger partial charge is 0.313 e. The molecule has 0 spiro atoms. The molecule has 0 atom stereocenters. The summed E-state index contributed by atoms with van der Waals surface area (Å²) in [6, 6.07) is 1.95. The van der Waals surface area contributed by atoms with E-state index in [1.807, 2.05) is 0 Å². The average Bonchev–Trinajstić information content (AvgIpc) is 2.39. The first-order valence-electron chi connectivity index (χ1n) is 5.57. The molecule has 20 heavy (non-hydrogen) atoms. The van der Waals surface area contributed by atoms with E-state index in [1.165, 1.54) is 13.2 Å². The number of hydrogen-bond acceptors (Lipinski definition) is 6. The van der Waals surface area contributed by atoms with Gasteiger partial charge in [-0.1, -0.05) is 0 Å². The van der Waals surface area contributed by atoms with Crippen LogP contribution >= 0.6 is 0 Å². The maximum absolute atomic E-state index is 13.6. The Morgan fingerprint density at radius 2 is 2.25 bits per heavy atom. The number of rotatable bonds is 8.